The van der Waals surface area contributed by atoms with Crippen molar-refractivity contribution < 1.29 is 19.7 Å². The Balaban J connectivity index is 1.62. The number of benzene rings is 2. The van der Waals surface area contributed by atoms with Crippen LogP contribution in [0.3, 0.4) is 0 Å². The number of methoxy groups -OCH3 is 2. The summed E-state index contributed by atoms with van der Waals surface area (Å²) in [6, 6.07) is 17.5. The van der Waals surface area contributed by atoms with Gasteiger partial charge in [0.1, 0.15) is 11.5 Å². The normalized spacial score (nSPS) is 20.4. The Morgan fingerprint density at radius 1 is 0.839 bits per heavy atom. The molecule has 1 aliphatic rings. The number of aliphatic hydroxyl groups is 2. The highest BCUT2D eigenvalue weighted by atomic mass is 16.5. The smallest absolute Gasteiger partial charge is 0.118 e. The van der Waals surface area contributed by atoms with Crippen LogP contribution in [0.15, 0.2) is 48.5 Å². The number of hydrogen-bond donors (Lipinski definition) is 2. The van der Waals surface area contributed by atoms with E-state index < -0.39 is 6.10 Å². The molecular weight excluding hydrogens is 390 g/mol. The van der Waals surface area contributed by atoms with Gasteiger partial charge in [-0.1, -0.05) is 30.7 Å². The summed E-state index contributed by atoms with van der Waals surface area (Å²) in [4.78, 5) is 2.47. The molecule has 2 aromatic rings. The maximum atomic E-state index is 10.2. The standard InChI is InChI=1S/C26H37NO4/c1-30-25-14-8-20(9-15-25)6-12-22-4-3-5-23(27(22)18-24(29)19-28)13-7-21-10-16-26(31-2)17-11-21/h8-11,14-17,22-24,28-29H,3-7,12-13,18-19H2,1-2H3/t22-,23-,24-/m1/s1. The van der Waals surface area contributed by atoms with Gasteiger partial charge in [0, 0.05) is 18.6 Å². The van der Waals surface area contributed by atoms with Gasteiger partial charge in [0.2, 0.25) is 0 Å². The van der Waals surface area contributed by atoms with Gasteiger partial charge < -0.3 is 19.7 Å². The molecule has 0 aliphatic carbocycles. The number of aryl methyl sites for hydroxylation is 2. The van der Waals surface area contributed by atoms with Gasteiger partial charge in [0.25, 0.3) is 0 Å². The molecule has 1 heterocycles. The van der Waals surface area contributed by atoms with E-state index in [4.69, 9.17) is 9.47 Å². The zero-order valence-corrected chi connectivity index (χ0v) is 18.9. The Hall–Kier alpha value is -2.08. The van der Waals surface area contributed by atoms with E-state index in [-0.39, 0.29) is 6.61 Å². The lowest BCUT2D eigenvalue weighted by molar-refractivity contribution is 0.00214. The molecule has 5 heteroatoms. The summed E-state index contributed by atoms with van der Waals surface area (Å²) in [5.41, 5.74) is 2.62. The Kier molecular flexibility index (Phi) is 9.19. The quantitative estimate of drug-likeness (QED) is 0.570. The lowest BCUT2D eigenvalue weighted by Crippen LogP contribution is -2.50. The largest absolute Gasteiger partial charge is 0.497 e. The number of aliphatic hydroxyl groups excluding tert-OH is 2. The minimum atomic E-state index is -0.690. The van der Waals surface area contributed by atoms with E-state index in [0.29, 0.717) is 18.6 Å². The van der Waals surface area contributed by atoms with Gasteiger partial charge in [-0.2, -0.15) is 0 Å². The first-order valence-electron chi connectivity index (χ1n) is 11.4. The van der Waals surface area contributed by atoms with E-state index in [0.717, 1.165) is 50.0 Å². The van der Waals surface area contributed by atoms with E-state index in [9.17, 15) is 10.2 Å². The SMILES string of the molecule is COc1ccc(CC[C@H]2CCC[C@H](CCc3ccc(OC)cc3)N2C[C@@H](O)CO)cc1. The van der Waals surface area contributed by atoms with Gasteiger partial charge in [-0.3, -0.25) is 4.90 Å². The van der Waals surface area contributed by atoms with Crippen molar-refractivity contribution in [3.05, 3.63) is 59.7 Å². The minimum Gasteiger partial charge on any atom is -0.497 e. The molecule has 0 amide bonds. The number of β-amino-alcohol motifs (C(OH)–C–C–N with tert-alkyl or cyclic N) is 1. The molecule has 0 radical (unpaired) electrons. The van der Waals surface area contributed by atoms with Crippen LogP contribution in [0, 0.1) is 0 Å². The Bertz CT molecular complexity index is 702. The number of likely N-dealkylation sites (tertiary alicyclic amines) is 1. The summed E-state index contributed by atoms with van der Waals surface area (Å²) >= 11 is 0. The van der Waals surface area contributed by atoms with Crippen LogP contribution in [0.4, 0.5) is 0 Å². The van der Waals surface area contributed by atoms with Crippen molar-refractivity contribution in [2.24, 2.45) is 0 Å². The van der Waals surface area contributed by atoms with Crippen LogP contribution in [0.2, 0.25) is 0 Å². The van der Waals surface area contributed by atoms with Gasteiger partial charge in [-0.15, -0.1) is 0 Å². The zero-order chi connectivity index (χ0) is 22.1. The summed E-state index contributed by atoms with van der Waals surface area (Å²) in [5.74, 6) is 1.76. The average Bonchev–Trinajstić information content (AvgIpc) is 2.82. The van der Waals surface area contributed by atoms with E-state index in [1.165, 1.54) is 17.5 Å². The second-order valence-corrected chi connectivity index (χ2v) is 8.55. The maximum absolute atomic E-state index is 10.2. The third-order valence-corrected chi connectivity index (χ3v) is 6.50. The van der Waals surface area contributed by atoms with E-state index in [1.807, 2.05) is 24.3 Å². The molecule has 2 aromatic carbocycles. The van der Waals surface area contributed by atoms with Gasteiger partial charge in [-0.25, -0.2) is 0 Å². The third kappa shape index (κ3) is 6.96. The lowest BCUT2D eigenvalue weighted by atomic mass is 9.88. The molecule has 0 unspecified atom stereocenters. The molecule has 3 atom stereocenters. The third-order valence-electron chi connectivity index (χ3n) is 6.50. The topological polar surface area (TPSA) is 62.2 Å². The van der Waals surface area contributed by atoms with Gasteiger partial charge in [0.05, 0.1) is 26.9 Å². The molecule has 0 bridgehead atoms. The number of piperidine rings is 1. The predicted molar refractivity (Wildman–Crippen MR) is 124 cm³/mol. The monoisotopic (exact) mass is 427 g/mol. The molecular formula is C26H37NO4. The van der Waals surface area contributed by atoms with Crippen LogP contribution in [0.25, 0.3) is 0 Å². The molecule has 2 N–H and O–H groups in total. The fourth-order valence-electron chi connectivity index (χ4n) is 4.69. The highest BCUT2D eigenvalue weighted by Gasteiger charge is 2.31. The maximum Gasteiger partial charge on any atom is 0.118 e. The molecule has 3 rings (SSSR count). The molecule has 0 spiro atoms. The Morgan fingerprint density at radius 3 is 1.68 bits per heavy atom. The lowest BCUT2D eigenvalue weighted by Gasteiger charge is -2.43. The van der Waals surface area contributed by atoms with Crippen molar-refractivity contribution >= 4 is 0 Å². The van der Waals surface area contributed by atoms with Crippen LogP contribution in [0.5, 0.6) is 11.5 Å². The average molecular weight is 428 g/mol. The first kappa shape index (κ1) is 23.6. The van der Waals surface area contributed by atoms with Crippen LogP contribution in [-0.4, -0.2) is 60.7 Å². The van der Waals surface area contributed by atoms with Crippen molar-refractivity contribution in [2.75, 3.05) is 27.4 Å². The summed E-state index contributed by atoms with van der Waals surface area (Å²) in [6.07, 6.45) is 6.95. The summed E-state index contributed by atoms with van der Waals surface area (Å²) in [5, 5.41) is 19.7. The second-order valence-electron chi connectivity index (χ2n) is 8.55. The number of nitrogens with zero attached hydrogens (tertiary/aromatic N) is 1. The minimum absolute atomic E-state index is 0.188. The zero-order valence-electron chi connectivity index (χ0n) is 18.9. The van der Waals surface area contributed by atoms with E-state index in [2.05, 4.69) is 29.2 Å². The highest BCUT2D eigenvalue weighted by Crippen LogP contribution is 2.29. The number of ether oxygens (including phenoxy) is 2. The van der Waals surface area contributed by atoms with Crippen LogP contribution in [-0.2, 0) is 12.8 Å². The van der Waals surface area contributed by atoms with Crippen molar-refractivity contribution in [3.63, 3.8) is 0 Å². The van der Waals surface area contributed by atoms with E-state index >= 15 is 0 Å². The molecule has 31 heavy (non-hydrogen) atoms. The fourth-order valence-corrected chi connectivity index (χ4v) is 4.69. The first-order valence-corrected chi connectivity index (χ1v) is 11.4. The first-order chi connectivity index (χ1) is 15.1. The van der Waals surface area contributed by atoms with E-state index in [1.54, 1.807) is 14.2 Å². The summed E-state index contributed by atoms with van der Waals surface area (Å²) in [7, 11) is 3.38. The second kappa shape index (κ2) is 12.1. The number of hydrogen-bond acceptors (Lipinski definition) is 5. The molecule has 1 fully saturated rings. The van der Waals surface area contributed by atoms with Gasteiger partial charge in [0.15, 0.2) is 0 Å². The molecule has 0 aromatic heterocycles. The molecule has 1 aliphatic heterocycles. The molecule has 5 nitrogen and oxygen atoms in total. The number of rotatable bonds is 11. The summed E-state index contributed by atoms with van der Waals surface area (Å²) < 4.78 is 10.5. The van der Waals surface area contributed by atoms with Crippen LogP contribution < -0.4 is 9.47 Å². The summed E-state index contributed by atoms with van der Waals surface area (Å²) in [6.45, 7) is 0.351. The van der Waals surface area contributed by atoms with Crippen molar-refractivity contribution in [3.8, 4) is 11.5 Å². The predicted octanol–water partition coefficient (Wildman–Crippen LogP) is 3.85. The molecule has 170 valence electrons. The molecule has 1 saturated heterocycles. The Labute approximate surface area is 186 Å². The van der Waals surface area contributed by atoms with Crippen molar-refractivity contribution in [1.29, 1.82) is 0 Å². The highest BCUT2D eigenvalue weighted by molar-refractivity contribution is 5.28. The molecule has 0 saturated carbocycles. The fraction of sp³-hybridized carbons (Fsp3) is 0.538. The van der Waals surface area contributed by atoms with Crippen LogP contribution >= 0.6 is 0 Å². The van der Waals surface area contributed by atoms with Crippen molar-refractivity contribution in [1.82, 2.24) is 4.90 Å². The van der Waals surface area contributed by atoms with Crippen LogP contribution in [0.1, 0.15) is 43.2 Å². The van der Waals surface area contributed by atoms with Crippen molar-refractivity contribution in [2.45, 2.75) is 63.1 Å². The Morgan fingerprint density at radius 2 is 1.29 bits per heavy atom. The van der Waals surface area contributed by atoms with Gasteiger partial charge in [-0.05, 0) is 73.9 Å². The van der Waals surface area contributed by atoms with Gasteiger partial charge >= 0.3 is 0 Å².